The number of nitrogen functional groups attached to an aromatic ring is 1. The van der Waals surface area contributed by atoms with Gasteiger partial charge in [0, 0.05) is 24.5 Å². The summed E-state index contributed by atoms with van der Waals surface area (Å²) < 4.78 is 0. The van der Waals surface area contributed by atoms with Gasteiger partial charge in [-0.05, 0) is 17.7 Å². The van der Waals surface area contributed by atoms with Crippen molar-refractivity contribution in [1.82, 2.24) is 9.97 Å². The molecule has 1 aromatic heterocycles. The molecule has 70 valence electrons. The zero-order valence-corrected chi connectivity index (χ0v) is 7.72. The topological polar surface area (TPSA) is 51.8 Å². The number of hydrogen-bond donors (Lipinski definition) is 1. The maximum atomic E-state index is 5.81. The van der Waals surface area contributed by atoms with Crippen LogP contribution in [0.3, 0.4) is 0 Å². The summed E-state index contributed by atoms with van der Waals surface area (Å²) in [6.07, 6.45) is 4.16. The minimum absolute atomic E-state index is 0.688. The maximum Gasteiger partial charge on any atom is 0.132 e. The van der Waals surface area contributed by atoms with Gasteiger partial charge in [-0.2, -0.15) is 0 Å². The molecule has 0 atom stereocenters. The van der Waals surface area contributed by atoms with E-state index in [1.165, 1.54) is 0 Å². The summed E-state index contributed by atoms with van der Waals surface area (Å²) >= 11 is 0. The molecule has 14 heavy (non-hydrogen) atoms. The van der Waals surface area contributed by atoms with E-state index in [2.05, 4.69) is 9.97 Å². The zero-order valence-electron chi connectivity index (χ0n) is 7.72. The predicted octanol–water partition coefficient (Wildman–Crippen LogP) is 1.65. The van der Waals surface area contributed by atoms with Gasteiger partial charge < -0.3 is 5.73 Å². The molecule has 0 radical (unpaired) electrons. The van der Waals surface area contributed by atoms with Crippen molar-refractivity contribution in [3.05, 3.63) is 54.1 Å². The van der Waals surface area contributed by atoms with E-state index < -0.39 is 0 Å². The zero-order chi connectivity index (χ0) is 9.80. The second-order valence-corrected chi connectivity index (χ2v) is 3.04. The minimum atomic E-state index is 0.688. The van der Waals surface area contributed by atoms with E-state index in [-0.39, 0.29) is 0 Å². The fourth-order valence-corrected chi connectivity index (χ4v) is 1.29. The first-order chi connectivity index (χ1) is 6.86. The largest absolute Gasteiger partial charge is 0.398 e. The van der Waals surface area contributed by atoms with Gasteiger partial charge in [-0.3, -0.25) is 0 Å². The first-order valence-electron chi connectivity index (χ1n) is 4.45. The van der Waals surface area contributed by atoms with Crippen LogP contribution < -0.4 is 5.73 Å². The number of anilines is 1. The van der Waals surface area contributed by atoms with Crippen molar-refractivity contribution in [2.45, 2.75) is 6.42 Å². The van der Waals surface area contributed by atoms with Gasteiger partial charge in [0.15, 0.2) is 0 Å². The molecule has 0 saturated carbocycles. The van der Waals surface area contributed by atoms with Crippen LogP contribution in [-0.4, -0.2) is 9.97 Å². The van der Waals surface area contributed by atoms with E-state index in [1.807, 2.05) is 24.3 Å². The molecule has 0 amide bonds. The molecule has 0 fully saturated rings. The number of nitrogens with two attached hydrogens (primary N) is 1. The van der Waals surface area contributed by atoms with E-state index in [1.54, 1.807) is 18.5 Å². The highest BCUT2D eigenvalue weighted by Crippen LogP contribution is 2.13. The third kappa shape index (κ3) is 1.88. The number of hydrogen-bond acceptors (Lipinski definition) is 3. The predicted molar refractivity (Wildman–Crippen MR) is 55.7 cm³/mol. The summed E-state index contributed by atoms with van der Waals surface area (Å²) in [7, 11) is 0. The Morgan fingerprint density at radius 2 is 1.71 bits per heavy atom. The smallest absolute Gasteiger partial charge is 0.132 e. The van der Waals surface area contributed by atoms with E-state index >= 15 is 0 Å². The average Bonchev–Trinajstić information content (AvgIpc) is 2.23. The lowest BCUT2D eigenvalue weighted by molar-refractivity contribution is 0.969. The molecule has 2 N–H and O–H groups in total. The normalized spacial score (nSPS) is 10.0. The van der Waals surface area contributed by atoms with Gasteiger partial charge in [0.1, 0.15) is 5.82 Å². The third-order valence-electron chi connectivity index (χ3n) is 2.02. The van der Waals surface area contributed by atoms with Crippen LogP contribution in [0.2, 0.25) is 0 Å². The maximum absolute atomic E-state index is 5.81. The van der Waals surface area contributed by atoms with Gasteiger partial charge >= 0.3 is 0 Å². The Kier molecular flexibility index (Phi) is 2.40. The highest BCUT2D eigenvalue weighted by molar-refractivity contribution is 5.47. The van der Waals surface area contributed by atoms with Crippen LogP contribution in [0, 0.1) is 0 Å². The lowest BCUT2D eigenvalue weighted by Gasteiger charge is -2.03. The molecule has 0 spiro atoms. The second-order valence-electron chi connectivity index (χ2n) is 3.04. The molecule has 1 aromatic carbocycles. The Balaban J connectivity index is 2.24. The van der Waals surface area contributed by atoms with E-state index in [9.17, 15) is 0 Å². The number of nitrogens with zero attached hydrogens (tertiary/aromatic N) is 2. The van der Waals surface area contributed by atoms with Crippen LogP contribution in [0.25, 0.3) is 0 Å². The molecule has 0 aliphatic heterocycles. The molecule has 0 unspecified atom stereocenters. The van der Waals surface area contributed by atoms with E-state index in [0.717, 1.165) is 17.1 Å². The van der Waals surface area contributed by atoms with Crippen LogP contribution in [0.1, 0.15) is 11.4 Å². The van der Waals surface area contributed by atoms with Crippen LogP contribution in [-0.2, 0) is 6.42 Å². The lowest BCUT2D eigenvalue weighted by Crippen LogP contribution is -1.98. The molecule has 3 heteroatoms. The van der Waals surface area contributed by atoms with E-state index in [4.69, 9.17) is 5.73 Å². The SMILES string of the molecule is Nc1ccccc1Cc1ncccn1. The summed E-state index contributed by atoms with van der Waals surface area (Å²) in [6, 6.07) is 9.57. The molecular formula is C11H11N3. The van der Waals surface area contributed by atoms with Gasteiger partial charge in [-0.25, -0.2) is 9.97 Å². The Labute approximate surface area is 82.6 Å². The quantitative estimate of drug-likeness (QED) is 0.724. The van der Waals surface area contributed by atoms with Crippen LogP contribution >= 0.6 is 0 Å². The summed E-state index contributed by atoms with van der Waals surface area (Å²) in [5.74, 6) is 0.797. The first-order valence-corrected chi connectivity index (χ1v) is 4.45. The Bertz CT molecular complexity index is 412. The van der Waals surface area contributed by atoms with Gasteiger partial charge in [0.2, 0.25) is 0 Å². The second kappa shape index (κ2) is 3.87. The first kappa shape index (κ1) is 8.69. The van der Waals surface area contributed by atoms with Crippen molar-refractivity contribution in [3.63, 3.8) is 0 Å². The van der Waals surface area contributed by atoms with Crippen molar-refractivity contribution in [3.8, 4) is 0 Å². The fraction of sp³-hybridized carbons (Fsp3) is 0.0909. The monoisotopic (exact) mass is 185 g/mol. The molecule has 2 aromatic rings. The standard InChI is InChI=1S/C11H11N3/c12-10-5-2-1-4-9(10)8-11-13-6-3-7-14-11/h1-7H,8,12H2. The summed E-state index contributed by atoms with van der Waals surface area (Å²) in [5, 5.41) is 0. The van der Waals surface area contributed by atoms with Gasteiger partial charge in [-0.1, -0.05) is 18.2 Å². The number of rotatable bonds is 2. The van der Waals surface area contributed by atoms with Crippen molar-refractivity contribution in [2.75, 3.05) is 5.73 Å². The number of aromatic nitrogens is 2. The van der Waals surface area contributed by atoms with Gasteiger partial charge in [0.05, 0.1) is 0 Å². The molecular weight excluding hydrogens is 174 g/mol. The summed E-state index contributed by atoms with van der Waals surface area (Å²) in [6.45, 7) is 0. The Morgan fingerprint density at radius 1 is 1.00 bits per heavy atom. The Morgan fingerprint density at radius 3 is 2.43 bits per heavy atom. The Hall–Kier alpha value is -1.90. The van der Waals surface area contributed by atoms with Crippen LogP contribution in [0.15, 0.2) is 42.7 Å². The molecule has 0 aliphatic rings. The van der Waals surface area contributed by atoms with Crippen LogP contribution in [0.4, 0.5) is 5.69 Å². The average molecular weight is 185 g/mol. The third-order valence-corrected chi connectivity index (χ3v) is 2.02. The highest BCUT2D eigenvalue weighted by Gasteiger charge is 2.00. The summed E-state index contributed by atoms with van der Waals surface area (Å²) in [4.78, 5) is 8.30. The van der Waals surface area contributed by atoms with E-state index in [0.29, 0.717) is 6.42 Å². The highest BCUT2D eigenvalue weighted by atomic mass is 14.8. The molecule has 0 aliphatic carbocycles. The van der Waals surface area contributed by atoms with Crippen molar-refractivity contribution < 1.29 is 0 Å². The minimum Gasteiger partial charge on any atom is -0.398 e. The molecule has 2 rings (SSSR count). The van der Waals surface area contributed by atoms with Crippen LogP contribution in [0.5, 0.6) is 0 Å². The molecule has 0 saturated heterocycles. The van der Waals surface area contributed by atoms with Gasteiger partial charge in [0.25, 0.3) is 0 Å². The summed E-state index contributed by atoms with van der Waals surface area (Å²) in [5.41, 5.74) is 7.67. The lowest BCUT2D eigenvalue weighted by atomic mass is 10.1. The molecule has 0 bridgehead atoms. The fourth-order valence-electron chi connectivity index (χ4n) is 1.29. The number of benzene rings is 1. The van der Waals surface area contributed by atoms with Crippen molar-refractivity contribution >= 4 is 5.69 Å². The van der Waals surface area contributed by atoms with Crippen molar-refractivity contribution in [2.24, 2.45) is 0 Å². The van der Waals surface area contributed by atoms with Gasteiger partial charge in [-0.15, -0.1) is 0 Å². The molecule has 3 nitrogen and oxygen atoms in total. The molecule has 1 heterocycles. The number of para-hydroxylation sites is 1. The van der Waals surface area contributed by atoms with Crippen molar-refractivity contribution in [1.29, 1.82) is 0 Å².